The number of benzene rings is 4. The molecule has 0 bridgehead atoms. The highest BCUT2D eigenvalue weighted by molar-refractivity contribution is 5.90. The Kier molecular flexibility index (Phi) is 8.21. The second-order valence-electron chi connectivity index (χ2n) is 14.4. The Morgan fingerprint density at radius 2 is 0.875 bits per heavy atom. The Morgan fingerprint density at radius 3 is 1.25 bits per heavy atom. The van der Waals surface area contributed by atoms with Crippen molar-refractivity contribution in [1.29, 1.82) is 0 Å². The Balaban J connectivity index is 1.98. The fourth-order valence-corrected chi connectivity index (χ4v) is 5.31. The minimum atomic E-state index is -0.557. The summed E-state index contributed by atoms with van der Waals surface area (Å²) in [6.07, 6.45) is 0.0979. The van der Waals surface area contributed by atoms with E-state index in [0.29, 0.717) is 6.42 Å². The zero-order valence-electron chi connectivity index (χ0n) is 26.3. The molecule has 210 valence electrons. The molecule has 0 aromatic heterocycles. The summed E-state index contributed by atoms with van der Waals surface area (Å²) in [5.74, 6) is 0. The normalized spacial score (nSPS) is 13.4. The summed E-state index contributed by atoms with van der Waals surface area (Å²) in [7, 11) is 0. The van der Waals surface area contributed by atoms with Gasteiger partial charge in [-0.1, -0.05) is 142 Å². The Hall–Kier alpha value is -3.16. The second-order valence-corrected chi connectivity index (χ2v) is 14.4. The van der Waals surface area contributed by atoms with Crippen LogP contribution in [0.3, 0.4) is 0 Å². The highest BCUT2D eigenvalue weighted by Crippen LogP contribution is 2.43. The van der Waals surface area contributed by atoms with E-state index in [0.717, 1.165) is 27.8 Å². The first kappa shape index (κ1) is 29.8. The number of aliphatic hydroxyl groups excluding tert-OH is 1. The van der Waals surface area contributed by atoms with Gasteiger partial charge in [0.15, 0.2) is 0 Å². The largest absolute Gasteiger partial charge is 0.388 e. The maximum Gasteiger partial charge on any atom is 0.0793 e. The van der Waals surface area contributed by atoms with Crippen molar-refractivity contribution in [2.24, 2.45) is 0 Å². The van der Waals surface area contributed by atoms with Gasteiger partial charge in [-0.2, -0.15) is 0 Å². The van der Waals surface area contributed by atoms with E-state index < -0.39 is 6.10 Å². The number of hydrogen-bond acceptors (Lipinski definition) is 1. The summed E-state index contributed by atoms with van der Waals surface area (Å²) in [6, 6.07) is 31.4. The smallest absolute Gasteiger partial charge is 0.0793 e. The van der Waals surface area contributed by atoms with Crippen molar-refractivity contribution in [1.82, 2.24) is 0 Å². The molecule has 4 aromatic carbocycles. The van der Waals surface area contributed by atoms with E-state index in [4.69, 9.17) is 0 Å². The predicted molar refractivity (Wildman–Crippen MR) is 174 cm³/mol. The predicted octanol–water partition coefficient (Wildman–Crippen LogP) is 11.0. The molecule has 1 nitrogen and oxygen atoms in total. The molecule has 0 aliphatic rings. The average molecular weight is 533 g/mol. The van der Waals surface area contributed by atoms with E-state index in [-0.39, 0.29) is 16.2 Å². The van der Waals surface area contributed by atoms with Gasteiger partial charge in [0, 0.05) is 0 Å². The third-order valence-corrected chi connectivity index (χ3v) is 8.10. The monoisotopic (exact) mass is 532 g/mol. The lowest BCUT2D eigenvalue weighted by molar-refractivity contribution is 0.174. The summed E-state index contributed by atoms with van der Waals surface area (Å²) in [5.41, 5.74) is 12.1. The van der Waals surface area contributed by atoms with Gasteiger partial charge in [-0.25, -0.2) is 0 Å². The van der Waals surface area contributed by atoms with Crippen LogP contribution in [0.25, 0.3) is 33.4 Å². The number of hydrogen-bond donors (Lipinski definition) is 1. The molecular weight excluding hydrogens is 484 g/mol. The molecule has 0 fully saturated rings. The zero-order chi connectivity index (χ0) is 29.5. The summed E-state index contributed by atoms with van der Waals surface area (Å²) in [6.45, 7) is 22.3. The van der Waals surface area contributed by atoms with Gasteiger partial charge in [0.05, 0.1) is 6.10 Å². The number of aliphatic hydroxyl groups is 1. The molecular formula is C39H48O. The third kappa shape index (κ3) is 6.42. The lowest BCUT2D eigenvalue weighted by Gasteiger charge is -2.24. The molecule has 0 aliphatic carbocycles. The summed E-state index contributed by atoms with van der Waals surface area (Å²) in [4.78, 5) is 0. The fourth-order valence-electron chi connectivity index (χ4n) is 5.31. The lowest BCUT2D eigenvalue weighted by Crippen LogP contribution is -2.11. The van der Waals surface area contributed by atoms with Crippen molar-refractivity contribution in [2.75, 3.05) is 0 Å². The fraction of sp³-hybridized carbons (Fsp3) is 0.385. The van der Waals surface area contributed by atoms with Crippen LogP contribution in [0.2, 0.25) is 0 Å². The summed E-state index contributed by atoms with van der Waals surface area (Å²) < 4.78 is 0. The van der Waals surface area contributed by atoms with Crippen molar-refractivity contribution in [3.63, 3.8) is 0 Å². The van der Waals surface area contributed by atoms with Crippen molar-refractivity contribution in [3.8, 4) is 33.4 Å². The van der Waals surface area contributed by atoms with Crippen molar-refractivity contribution in [3.05, 3.63) is 107 Å². The van der Waals surface area contributed by atoms with Crippen LogP contribution in [0.5, 0.6) is 0 Å². The van der Waals surface area contributed by atoms with Gasteiger partial charge >= 0.3 is 0 Å². The molecule has 0 unspecified atom stereocenters. The Morgan fingerprint density at radius 1 is 0.500 bits per heavy atom. The van der Waals surface area contributed by atoms with Gasteiger partial charge in [-0.15, -0.1) is 0 Å². The first-order valence-corrected chi connectivity index (χ1v) is 14.8. The molecule has 4 aromatic rings. The standard InChI is InChI=1S/C39H48O/c1-11-35(40)34-25-29(26-12-18-30(19-13-26)37(2,3)4)24-33(27-14-20-31(21-15-27)38(5,6)7)36(34)28-16-22-32(23-17-28)39(8,9)10/h12-25,35,40H,11H2,1-10H3/t35-/m0/s1. The van der Waals surface area contributed by atoms with Crippen LogP contribution in [0.15, 0.2) is 84.9 Å². The molecule has 0 radical (unpaired) electrons. The minimum absolute atomic E-state index is 0.0823. The first-order valence-electron chi connectivity index (χ1n) is 14.8. The van der Waals surface area contributed by atoms with E-state index in [1.165, 1.54) is 27.8 Å². The van der Waals surface area contributed by atoms with E-state index in [9.17, 15) is 5.11 Å². The summed E-state index contributed by atoms with van der Waals surface area (Å²) in [5, 5.41) is 11.4. The van der Waals surface area contributed by atoms with Crippen molar-refractivity contribution >= 4 is 0 Å². The van der Waals surface area contributed by atoms with Crippen LogP contribution < -0.4 is 0 Å². The van der Waals surface area contributed by atoms with E-state index in [1.807, 2.05) is 0 Å². The van der Waals surface area contributed by atoms with Crippen molar-refractivity contribution in [2.45, 2.75) is 98.0 Å². The van der Waals surface area contributed by atoms with Crippen LogP contribution in [-0.4, -0.2) is 5.11 Å². The van der Waals surface area contributed by atoms with E-state index in [2.05, 4.69) is 154 Å². The molecule has 0 aliphatic heterocycles. The van der Waals surface area contributed by atoms with Gasteiger partial charge in [0.25, 0.3) is 0 Å². The minimum Gasteiger partial charge on any atom is -0.388 e. The molecule has 40 heavy (non-hydrogen) atoms. The second kappa shape index (κ2) is 11.0. The van der Waals surface area contributed by atoms with Crippen LogP contribution >= 0.6 is 0 Å². The molecule has 1 atom stereocenters. The van der Waals surface area contributed by atoms with Gasteiger partial charge in [-0.3, -0.25) is 0 Å². The highest BCUT2D eigenvalue weighted by atomic mass is 16.3. The maximum absolute atomic E-state index is 11.4. The molecule has 1 N–H and O–H groups in total. The molecule has 0 heterocycles. The molecule has 0 saturated heterocycles. The van der Waals surface area contributed by atoms with E-state index in [1.54, 1.807) is 0 Å². The Labute approximate surface area is 243 Å². The van der Waals surface area contributed by atoms with Crippen LogP contribution in [-0.2, 0) is 16.2 Å². The van der Waals surface area contributed by atoms with Crippen molar-refractivity contribution < 1.29 is 5.11 Å². The van der Waals surface area contributed by atoms with Gasteiger partial charge in [0.2, 0.25) is 0 Å². The van der Waals surface area contributed by atoms with Crippen LogP contribution in [0.4, 0.5) is 0 Å². The average Bonchev–Trinajstić information content (AvgIpc) is 2.90. The van der Waals surface area contributed by atoms with Gasteiger partial charge in [0.1, 0.15) is 0 Å². The zero-order valence-corrected chi connectivity index (χ0v) is 26.3. The molecule has 1 heteroatoms. The van der Waals surface area contributed by atoms with Crippen LogP contribution in [0.1, 0.15) is 104 Å². The quantitative estimate of drug-likeness (QED) is 0.271. The maximum atomic E-state index is 11.4. The first-order chi connectivity index (χ1) is 18.6. The van der Waals surface area contributed by atoms with Gasteiger partial charge in [-0.05, 0) is 90.4 Å². The number of rotatable bonds is 5. The summed E-state index contributed by atoms with van der Waals surface area (Å²) >= 11 is 0. The third-order valence-electron chi connectivity index (χ3n) is 8.10. The molecule has 0 amide bonds. The Bertz CT molecular complexity index is 1430. The molecule has 4 rings (SSSR count). The van der Waals surface area contributed by atoms with Gasteiger partial charge < -0.3 is 5.11 Å². The van der Waals surface area contributed by atoms with E-state index >= 15 is 0 Å². The SMILES string of the molecule is CC[C@H](O)c1cc(-c2ccc(C(C)(C)C)cc2)cc(-c2ccc(C(C)(C)C)cc2)c1-c1ccc(C(C)(C)C)cc1. The molecule has 0 saturated carbocycles. The topological polar surface area (TPSA) is 20.2 Å². The molecule has 0 spiro atoms. The van der Waals surface area contributed by atoms with Crippen LogP contribution in [0, 0.1) is 0 Å². The highest BCUT2D eigenvalue weighted by Gasteiger charge is 2.22. The lowest BCUT2D eigenvalue weighted by atomic mass is 9.81.